The Hall–Kier alpha value is -2.69. The molecule has 23 heavy (non-hydrogen) atoms. The molecule has 0 heterocycles. The molecule has 2 N–H and O–H groups in total. The number of para-hydroxylation sites is 1. The molecular weight excluding hydrogens is 292 g/mol. The molecule has 0 aliphatic heterocycles. The summed E-state index contributed by atoms with van der Waals surface area (Å²) in [4.78, 5) is 12.1. The van der Waals surface area contributed by atoms with Crippen LogP contribution in [0.15, 0.2) is 42.5 Å². The summed E-state index contributed by atoms with van der Waals surface area (Å²) in [7, 11) is 3.18. The van der Waals surface area contributed by atoms with Crippen LogP contribution in [0.1, 0.15) is 12.5 Å². The molecule has 2 aromatic rings. The molecule has 122 valence electrons. The molecule has 0 aliphatic carbocycles. The Morgan fingerprint density at radius 3 is 2.52 bits per heavy atom. The van der Waals surface area contributed by atoms with E-state index >= 15 is 0 Å². The molecule has 1 amide bonds. The molecule has 0 fully saturated rings. The maximum atomic E-state index is 12.1. The fourth-order valence-electron chi connectivity index (χ4n) is 2.27. The van der Waals surface area contributed by atoms with Crippen molar-refractivity contribution in [1.82, 2.24) is 0 Å². The van der Waals surface area contributed by atoms with E-state index in [1.165, 1.54) is 0 Å². The third-order valence-corrected chi connectivity index (χ3v) is 3.52. The zero-order valence-electron chi connectivity index (χ0n) is 13.7. The first-order chi connectivity index (χ1) is 11.2. The number of carbonyl (C=O) groups excluding carboxylic acids is 1. The number of hydrogen-bond acceptors (Lipinski definition) is 4. The van der Waals surface area contributed by atoms with Crippen molar-refractivity contribution in [2.75, 3.05) is 31.4 Å². The van der Waals surface area contributed by atoms with Gasteiger partial charge in [0.15, 0.2) is 0 Å². The predicted octanol–water partition coefficient (Wildman–Crippen LogP) is 3.32. The van der Waals surface area contributed by atoms with Crippen LogP contribution in [0.4, 0.5) is 11.4 Å². The summed E-state index contributed by atoms with van der Waals surface area (Å²) in [6.45, 7) is 2.21. The van der Waals surface area contributed by atoms with E-state index in [9.17, 15) is 4.79 Å². The Morgan fingerprint density at radius 1 is 1.04 bits per heavy atom. The van der Waals surface area contributed by atoms with Gasteiger partial charge in [-0.1, -0.05) is 25.1 Å². The van der Waals surface area contributed by atoms with Gasteiger partial charge in [0.25, 0.3) is 0 Å². The van der Waals surface area contributed by atoms with Gasteiger partial charge < -0.3 is 20.1 Å². The zero-order chi connectivity index (χ0) is 16.7. The van der Waals surface area contributed by atoms with E-state index in [0.29, 0.717) is 11.5 Å². The van der Waals surface area contributed by atoms with E-state index in [1.54, 1.807) is 20.3 Å². The SMILES string of the molecule is CCc1ccccc1NC(=O)CNc1ccc(OC)cc1OC. The lowest BCUT2D eigenvalue weighted by atomic mass is 10.1. The second-order valence-corrected chi connectivity index (χ2v) is 4.98. The monoisotopic (exact) mass is 314 g/mol. The first-order valence-corrected chi connectivity index (χ1v) is 7.51. The van der Waals surface area contributed by atoms with E-state index in [1.807, 2.05) is 36.4 Å². The van der Waals surface area contributed by atoms with Crippen molar-refractivity contribution in [3.05, 3.63) is 48.0 Å². The molecule has 0 radical (unpaired) electrons. The van der Waals surface area contributed by atoms with Gasteiger partial charge in [-0.2, -0.15) is 0 Å². The molecule has 2 rings (SSSR count). The molecule has 0 bridgehead atoms. The molecule has 0 aliphatic rings. The van der Waals surface area contributed by atoms with Crippen LogP contribution in [0.3, 0.4) is 0 Å². The highest BCUT2D eigenvalue weighted by Gasteiger charge is 2.08. The minimum absolute atomic E-state index is 0.108. The maximum Gasteiger partial charge on any atom is 0.243 e. The number of amides is 1. The maximum absolute atomic E-state index is 12.1. The summed E-state index contributed by atoms with van der Waals surface area (Å²) in [6.07, 6.45) is 0.871. The van der Waals surface area contributed by atoms with Crippen molar-refractivity contribution in [2.45, 2.75) is 13.3 Å². The Balaban J connectivity index is 1.99. The average Bonchev–Trinajstić information content (AvgIpc) is 2.60. The van der Waals surface area contributed by atoms with Crippen LogP contribution in [0, 0.1) is 0 Å². The molecule has 0 unspecified atom stereocenters. The smallest absolute Gasteiger partial charge is 0.243 e. The number of rotatable bonds is 7. The summed E-state index contributed by atoms with van der Waals surface area (Å²) < 4.78 is 10.5. The van der Waals surface area contributed by atoms with Crippen LogP contribution in [-0.2, 0) is 11.2 Å². The highest BCUT2D eigenvalue weighted by molar-refractivity contribution is 5.94. The summed E-state index contributed by atoms with van der Waals surface area (Å²) >= 11 is 0. The molecule has 0 saturated heterocycles. The minimum Gasteiger partial charge on any atom is -0.497 e. The fraction of sp³-hybridized carbons (Fsp3) is 0.278. The first-order valence-electron chi connectivity index (χ1n) is 7.51. The first kappa shape index (κ1) is 16.7. The topological polar surface area (TPSA) is 59.6 Å². The third kappa shape index (κ3) is 4.39. The van der Waals surface area contributed by atoms with E-state index in [2.05, 4.69) is 17.6 Å². The summed E-state index contributed by atoms with van der Waals surface area (Å²) in [5, 5.41) is 6.01. The Labute approximate surface area is 136 Å². The Morgan fingerprint density at radius 2 is 1.83 bits per heavy atom. The van der Waals surface area contributed by atoms with Gasteiger partial charge in [-0.15, -0.1) is 0 Å². The number of nitrogens with one attached hydrogen (secondary N) is 2. The number of hydrogen-bond donors (Lipinski definition) is 2. The van der Waals surface area contributed by atoms with Crippen molar-refractivity contribution in [3.63, 3.8) is 0 Å². The van der Waals surface area contributed by atoms with Gasteiger partial charge in [-0.25, -0.2) is 0 Å². The number of methoxy groups -OCH3 is 2. The van der Waals surface area contributed by atoms with Crippen molar-refractivity contribution < 1.29 is 14.3 Å². The standard InChI is InChI=1S/C18H22N2O3/c1-4-13-7-5-6-8-15(13)20-18(21)12-19-16-10-9-14(22-2)11-17(16)23-3/h5-11,19H,4,12H2,1-3H3,(H,20,21). The third-order valence-electron chi connectivity index (χ3n) is 3.52. The van der Waals surface area contributed by atoms with Gasteiger partial charge in [-0.05, 0) is 30.2 Å². The summed E-state index contributed by atoms with van der Waals surface area (Å²) in [5.41, 5.74) is 2.71. The Kier molecular flexibility index (Phi) is 5.86. The lowest BCUT2D eigenvalue weighted by Crippen LogP contribution is -2.22. The van der Waals surface area contributed by atoms with Crippen molar-refractivity contribution in [3.8, 4) is 11.5 Å². The lowest BCUT2D eigenvalue weighted by molar-refractivity contribution is -0.114. The molecule has 0 aromatic heterocycles. The summed E-state index contributed by atoms with van der Waals surface area (Å²) in [6, 6.07) is 13.2. The quantitative estimate of drug-likeness (QED) is 0.823. The Bertz CT molecular complexity index is 671. The summed E-state index contributed by atoms with van der Waals surface area (Å²) in [5.74, 6) is 1.23. The molecule has 5 heteroatoms. The molecule has 0 atom stereocenters. The van der Waals surface area contributed by atoms with E-state index in [4.69, 9.17) is 9.47 Å². The van der Waals surface area contributed by atoms with Crippen LogP contribution < -0.4 is 20.1 Å². The fourth-order valence-corrected chi connectivity index (χ4v) is 2.27. The minimum atomic E-state index is -0.108. The van der Waals surface area contributed by atoms with Gasteiger partial charge in [0, 0.05) is 11.8 Å². The van der Waals surface area contributed by atoms with Crippen molar-refractivity contribution in [1.29, 1.82) is 0 Å². The van der Waals surface area contributed by atoms with E-state index < -0.39 is 0 Å². The van der Waals surface area contributed by atoms with Crippen LogP contribution in [0.2, 0.25) is 0 Å². The van der Waals surface area contributed by atoms with Crippen LogP contribution in [0.5, 0.6) is 11.5 Å². The highest BCUT2D eigenvalue weighted by Crippen LogP contribution is 2.28. The number of anilines is 2. The van der Waals surface area contributed by atoms with Crippen molar-refractivity contribution in [2.24, 2.45) is 0 Å². The van der Waals surface area contributed by atoms with Gasteiger partial charge in [0.1, 0.15) is 11.5 Å². The van der Waals surface area contributed by atoms with E-state index in [-0.39, 0.29) is 12.5 Å². The number of aryl methyl sites for hydroxylation is 1. The van der Waals surface area contributed by atoms with Crippen molar-refractivity contribution >= 4 is 17.3 Å². The number of benzene rings is 2. The van der Waals surface area contributed by atoms with Crippen LogP contribution in [0.25, 0.3) is 0 Å². The second kappa shape index (κ2) is 8.08. The van der Waals surface area contributed by atoms with Gasteiger partial charge >= 0.3 is 0 Å². The lowest BCUT2D eigenvalue weighted by Gasteiger charge is -2.13. The highest BCUT2D eigenvalue weighted by atomic mass is 16.5. The average molecular weight is 314 g/mol. The molecular formula is C18H22N2O3. The van der Waals surface area contributed by atoms with Gasteiger partial charge in [0.2, 0.25) is 5.91 Å². The van der Waals surface area contributed by atoms with Gasteiger partial charge in [-0.3, -0.25) is 4.79 Å². The molecule has 5 nitrogen and oxygen atoms in total. The van der Waals surface area contributed by atoms with Gasteiger partial charge in [0.05, 0.1) is 26.5 Å². The number of carbonyl (C=O) groups is 1. The molecule has 2 aromatic carbocycles. The van der Waals surface area contributed by atoms with Crippen LogP contribution >= 0.6 is 0 Å². The molecule has 0 saturated carbocycles. The van der Waals surface area contributed by atoms with Crippen LogP contribution in [-0.4, -0.2) is 26.7 Å². The largest absolute Gasteiger partial charge is 0.497 e. The second-order valence-electron chi connectivity index (χ2n) is 4.98. The number of ether oxygens (including phenoxy) is 2. The van der Waals surface area contributed by atoms with E-state index in [0.717, 1.165) is 23.4 Å². The normalized spacial score (nSPS) is 10.0. The zero-order valence-corrected chi connectivity index (χ0v) is 13.7. The molecule has 0 spiro atoms. The predicted molar refractivity (Wildman–Crippen MR) is 92.5 cm³/mol.